The van der Waals surface area contributed by atoms with Crippen molar-refractivity contribution in [1.29, 1.82) is 0 Å². The third kappa shape index (κ3) is 4.51. The van der Waals surface area contributed by atoms with Crippen molar-refractivity contribution in [2.24, 2.45) is 0 Å². The number of carbonyl (C=O) groups excluding carboxylic acids is 2. The van der Waals surface area contributed by atoms with Crippen LogP contribution in [0, 0.1) is 5.82 Å². The van der Waals surface area contributed by atoms with E-state index in [-0.39, 0.29) is 6.54 Å². The highest BCUT2D eigenvalue weighted by Crippen LogP contribution is 2.05. The lowest BCUT2D eigenvalue weighted by Gasteiger charge is -2.32. The molecule has 1 heterocycles. The van der Waals surface area contributed by atoms with Crippen molar-refractivity contribution in [3.63, 3.8) is 0 Å². The van der Waals surface area contributed by atoms with Gasteiger partial charge in [-0.1, -0.05) is 18.2 Å². The zero-order chi connectivity index (χ0) is 15.2. The van der Waals surface area contributed by atoms with Gasteiger partial charge < -0.3 is 10.2 Å². The number of hydrazine groups is 1. The Labute approximate surface area is 122 Å². The van der Waals surface area contributed by atoms with Gasteiger partial charge in [-0.2, -0.15) is 0 Å². The van der Waals surface area contributed by atoms with Gasteiger partial charge in [-0.15, -0.1) is 0 Å². The van der Waals surface area contributed by atoms with Gasteiger partial charge in [0.25, 0.3) is 0 Å². The van der Waals surface area contributed by atoms with E-state index in [2.05, 4.69) is 15.6 Å². The molecule has 21 heavy (non-hydrogen) atoms. The average molecular weight is 294 g/mol. The van der Waals surface area contributed by atoms with Gasteiger partial charge in [-0.3, -0.25) is 15.0 Å². The Balaban J connectivity index is 1.78. The summed E-state index contributed by atoms with van der Waals surface area (Å²) in [5, 5.41) is 4.12. The second kappa shape index (κ2) is 7.14. The first kappa shape index (κ1) is 15.4. The van der Waals surface area contributed by atoms with E-state index in [0.29, 0.717) is 18.7 Å². The predicted octanol–water partition coefficient (Wildman–Crippen LogP) is -0.279. The molecular weight excluding hydrogens is 275 g/mol. The molecule has 1 fully saturated rings. The molecule has 0 saturated carbocycles. The van der Waals surface area contributed by atoms with E-state index in [1.807, 2.05) is 7.05 Å². The zero-order valence-corrected chi connectivity index (χ0v) is 11.9. The van der Waals surface area contributed by atoms with Gasteiger partial charge in [-0.05, 0) is 13.1 Å². The van der Waals surface area contributed by atoms with Crippen molar-refractivity contribution in [3.05, 3.63) is 35.6 Å². The first-order valence-corrected chi connectivity index (χ1v) is 6.82. The minimum absolute atomic E-state index is 0.0122. The van der Waals surface area contributed by atoms with Crippen LogP contribution in [0.15, 0.2) is 24.3 Å². The van der Waals surface area contributed by atoms with Crippen LogP contribution < -0.4 is 10.7 Å². The van der Waals surface area contributed by atoms with E-state index < -0.39 is 17.6 Å². The molecule has 7 heteroatoms. The van der Waals surface area contributed by atoms with Gasteiger partial charge in [0.05, 0.1) is 0 Å². The van der Waals surface area contributed by atoms with Crippen LogP contribution in [0.25, 0.3) is 0 Å². The number of nitrogens with zero attached hydrogens (tertiary/aromatic N) is 2. The fourth-order valence-electron chi connectivity index (χ4n) is 2.01. The Morgan fingerprint density at radius 1 is 1.14 bits per heavy atom. The van der Waals surface area contributed by atoms with Crippen LogP contribution in [0.5, 0.6) is 0 Å². The van der Waals surface area contributed by atoms with E-state index in [0.717, 1.165) is 13.1 Å². The Morgan fingerprint density at radius 3 is 2.48 bits per heavy atom. The number of benzene rings is 1. The smallest absolute Gasteiger partial charge is 0.323 e. The van der Waals surface area contributed by atoms with Crippen molar-refractivity contribution in [1.82, 2.24) is 20.7 Å². The molecule has 1 aliphatic heterocycles. The minimum Gasteiger partial charge on any atom is -0.344 e. The lowest BCUT2D eigenvalue weighted by atomic mass is 10.2. The van der Waals surface area contributed by atoms with Gasteiger partial charge >= 0.3 is 11.8 Å². The number of hydrogen-bond acceptors (Lipinski definition) is 4. The summed E-state index contributed by atoms with van der Waals surface area (Å²) in [7, 11) is 2.00. The largest absolute Gasteiger partial charge is 0.344 e. The molecule has 1 aliphatic rings. The Hall–Kier alpha value is -1.99. The lowest BCUT2D eigenvalue weighted by molar-refractivity contribution is -0.142. The maximum atomic E-state index is 13.4. The zero-order valence-electron chi connectivity index (χ0n) is 11.9. The molecule has 114 valence electrons. The first-order chi connectivity index (χ1) is 10.1. The van der Waals surface area contributed by atoms with Crippen molar-refractivity contribution in [3.8, 4) is 0 Å². The van der Waals surface area contributed by atoms with E-state index in [1.165, 1.54) is 6.07 Å². The lowest BCUT2D eigenvalue weighted by Crippen LogP contribution is -2.55. The first-order valence-electron chi connectivity index (χ1n) is 6.82. The molecule has 0 aliphatic carbocycles. The highest BCUT2D eigenvalue weighted by Gasteiger charge is 2.20. The maximum absolute atomic E-state index is 13.4. The molecular formula is C14H19FN4O2. The molecule has 0 atom stereocenters. The van der Waals surface area contributed by atoms with Crippen molar-refractivity contribution in [2.75, 3.05) is 33.2 Å². The number of halogens is 1. The van der Waals surface area contributed by atoms with Crippen molar-refractivity contribution in [2.45, 2.75) is 6.54 Å². The quantitative estimate of drug-likeness (QED) is 0.753. The molecule has 1 aromatic rings. The highest BCUT2D eigenvalue weighted by molar-refractivity contribution is 6.34. The Bertz CT molecular complexity index is 515. The van der Waals surface area contributed by atoms with E-state index in [1.54, 1.807) is 23.2 Å². The standard InChI is InChI=1S/C14H19FN4O2/c1-18-6-8-19(9-7-18)17-14(21)13(20)16-10-11-4-2-3-5-12(11)15/h2-5H,6-10H2,1H3,(H,16,20)(H,17,21). The number of rotatable bonds is 3. The van der Waals surface area contributed by atoms with Gasteiger partial charge in [0.1, 0.15) is 5.82 Å². The van der Waals surface area contributed by atoms with Crippen LogP contribution in [0.1, 0.15) is 5.56 Å². The summed E-state index contributed by atoms with van der Waals surface area (Å²) < 4.78 is 13.4. The van der Waals surface area contributed by atoms with Crippen LogP contribution in [0.4, 0.5) is 4.39 Å². The van der Waals surface area contributed by atoms with Gasteiger partial charge in [0, 0.05) is 38.3 Å². The minimum atomic E-state index is -0.766. The highest BCUT2D eigenvalue weighted by atomic mass is 19.1. The summed E-state index contributed by atoms with van der Waals surface area (Å²) in [5.74, 6) is -1.90. The second-order valence-electron chi connectivity index (χ2n) is 5.01. The summed E-state index contributed by atoms with van der Waals surface area (Å²) in [6.07, 6.45) is 0. The van der Waals surface area contributed by atoms with E-state index >= 15 is 0 Å². The summed E-state index contributed by atoms with van der Waals surface area (Å²) in [6, 6.07) is 6.12. The van der Waals surface area contributed by atoms with Crippen LogP contribution in [-0.2, 0) is 16.1 Å². The number of nitrogens with one attached hydrogen (secondary N) is 2. The maximum Gasteiger partial charge on any atom is 0.323 e. The summed E-state index contributed by atoms with van der Waals surface area (Å²) >= 11 is 0. The second-order valence-corrected chi connectivity index (χ2v) is 5.01. The fourth-order valence-corrected chi connectivity index (χ4v) is 2.01. The Morgan fingerprint density at radius 2 is 1.81 bits per heavy atom. The van der Waals surface area contributed by atoms with Crippen molar-refractivity contribution < 1.29 is 14.0 Å². The average Bonchev–Trinajstić information content (AvgIpc) is 2.48. The Kier molecular flexibility index (Phi) is 5.24. The van der Waals surface area contributed by atoms with Crippen LogP contribution in [-0.4, -0.2) is 54.9 Å². The van der Waals surface area contributed by atoms with Crippen LogP contribution in [0.3, 0.4) is 0 Å². The van der Waals surface area contributed by atoms with E-state index in [9.17, 15) is 14.0 Å². The molecule has 0 aromatic heterocycles. The molecule has 0 spiro atoms. The molecule has 6 nitrogen and oxygen atoms in total. The SMILES string of the molecule is CN1CCN(NC(=O)C(=O)NCc2ccccc2F)CC1. The summed E-state index contributed by atoms with van der Waals surface area (Å²) in [4.78, 5) is 25.5. The summed E-state index contributed by atoms with van der Waals surface area (Å²) in [5.41, 5.74) is 2.90. The van der Waals surface area contributed by atoms with Crippen LogP contribution in [0.2, 0.25) is 0 Å². The topological polar surface area (TPSA) is 64.7 Å². The molecule has 2 N–H and O–H groups in total. The van der Waals surface area contributed by atoms with Crippen LogP contribution >= 0.6 is 0 Å². The molecule has 0 unspecified atom stereocenters. The van der Waals surface area contributed by atoms with Gasteiger partial charge in [0.2, 0.25) is 0 Å². The molecule has 2 amide bonds. The third-order valence-electron chi connectivity index (χ3n) is 3.37. The summed E-state index contributed by atoms with van der Waals surface area (Å²) in [6.45, 7) is 2.99. The van der Waals surface area contributed by atoms with E-state index in [4.69, 9.17) is 0 Å². The van der Waals surface area contributed by atoms with Gasteiger partial charge in [-0.25, -0.2) is 9.40 Å². The predicted molar refractivity (Wildman–Crippen MR) is 75.5 cm³/mol. The number of hydrogen-bond donors (Lipinski definition) is 2. The molecule has 0 radical (unpaired) electrons. The van der Waals surface area contributed by atoms with Crippen molar-refractivity contribution >= 4 is 11.8 Å². The number of piperazine rings is 1. The molecule has 0 bridgehead atoms. The molecule has 1 aromatic carbocycles. The normalized spacial score (nSPS) is 16.5. The molecule has 2 rings (SSSR count). The number of likely N-dealkylation sites (N-methyl/N-ethyl adjacent to an activating group) is 1. The number of amides is 2. The monoisotopic (exact) mass is 294 g/mol. The fraction of sp³-hybridized carbons (Fsp3) is 0.429. The number of carbonyl (C=O) groups is 2. The third-order valence-corrected chi connectivity index (χ3v) is 3.37. The molecule has 1 saturated heterocycles. The van der Waals surface area contributed by atoms with Gasteiger partial charge in [0.15, 0.2) is 0 Å².